The Morgan fingerprint density at radius 1 is 0.880 bits per heavy atom. The van der Waals surface area contributed by atoms with Gasteiger partial charge in [-0.2, -0.15) is 0 Å². The van der Waals surface area contributed by atoms with Crippen LogP contribution in [-0.4, -0.2) is 68.9 Å². The number of alkyl carbamates (subject to hydrolysis) is 2. The van der Waals surface area contributed by atoms with Gasteiger partial charge >= 0.3 is 12.2 Å². The first-order valence-corrected chi connectivity index (χ1v) is 8.81. The minimum absolute atomic E-state index is 0.00161. The molecule has 0 aliphatic heterocycles. The molecule has 3 amide bonds. The van der Waals surface area contributed by atoms with E-state index in [1.54, 1.807) is 4.90 Å². The zero-order valence-corrected chi connectivity index (χ0v) is 15.3. The zero-order valence-electron chi connectivity index (χ0n) is 15.3. The minimum Gasteiger partial charge on any atom is -0.448 e. The maximum Gasteiger partial charge on any atom is 0.407 e. The molecular formula is C16H32N4O5. The number of amides is 3. The number of nitrogens with zero attached hydrogens (tertiary/aromatic N) is 1. The summed E-state index contributed by atoms with van der Waals surface area (Å²) in [5.41, 5.74) is 5.20. The highest BCUT2D eigenvalue weighted by atomic mass is 16.6. The van der Waals surface area contributed by atoms with Gasteiger partial charge in [0.05, 0.1) is 6.54 Å². The van der Waals surface area contributed by atoms with Gasteiger partial charge in [0.25, 0.3) is 0 Å². The van der Waals surface area contributed by atoms with Crippen molar-refractivity contribution in [2.45, 2.75) is 39.5 Å². The Balaban J connectivity index is 3.97. The van der Waals surface area contributed by atoms with Crippen LogP contribution in [0.25, 0.3) is 0 Å². The summed E-state index contributed by atoms with van der Waals surface area (Å²) < 4.78 is 10.1. The second-order valence-electron chi connectivity index (χ2n) is 5.57. The van der Waals surface area contributed by atoms with Gasteiger partial charge in [0.2, 0.25) is 5.91 Å². The first kappa shape index (κ1) is 23.0. The number of hydrogen-bond donors (Lipinski definition) is 3. The van der Waals surface area contributed by atoms with E-state index in [0.29, 0.717) is 26.2 Å². The van der Waals surface area contributed by atoms with E-state index in [9.17, 15) is 14.4 Å². The Hall–Kier alpha value is -2.03. The summed E-state index contributed by atoms with van der Waals surface area (Å²) >= 11 is 0. The lowest BCUT2D eigenvalue weighted by molar-refractivity contribution is -0.119. The first-order chi connectivity index (χ1) is 12.0. The third kappa shape index (κ3) is 15.2. The Bertz CT molecular complexity index is 365. The molecule has 0 radical (unpaired) electrons. The second kappa shape index (κ2) is 15.5. The van der Waals surface area contributed by atoms with Crippen LogP contribution in [-0.2, 0) is 14.3 Å². The number of nitrogens with one attached hydrogen (secondary N) is 2. The van der Waals surface area contributed by atoms with Crippen LogP contribution >= 0.6 is 0 Å². The maximum atomic E-state index is 11.4. The highest BCUT2D eigenvalue weighted by molar-refractivity contribution is 5.75. The van der Waals surface area contributed by atoms with E-state index in [1.165, 1.54) is 0 Å². The van der Waals surface area contributed by atoms with Crippen molar-refractivity contribution in [3.05, 3.63) is 0 Å². The lowest BCUT2D eigenvalue weighted by Gasteiger charge is -2.20. The van der Waals surface area contributed by atoms with Gasteiger partial charge in [0.1, 0.15) is 13.2 Å². The van der Waals surface area contributed by atoms with Crippen molar-refractivity contribution in [2.75, 3.05) is 45.9 Å². The van der Waals surface area contributed by atoms with Crippen LogP contribution in [0, 0.1) is 0 Å². The minimum atomic E-state index is -0.500. The zero-order chi connectivity index (χ0) is 18.9. The van der Waals surface area contributed by atoms with Crippen molar-refractivity contribution in [1.82, 2.24) is 15.5 Å². The largest absolute Gasteiger partial charge is 0.448 e. The van der Waals surface area contributed by atoms with E-state index in [2.05, 4.69) is 10.6 Å². The van der Waals surface area contributed by atoms with Crippen molar-refractivity contribution >= 4 is 18.1 Å². The topological polar surface area (TPSA) is 123 Å². The van der Waals surface area contributed by atoms with Crippen molar-refractivity contribution in [2.24, 2.45) is 5.73 Å². The highest BCUT2D eigenvalue weighted by Crippen LogP contribution is 1.92. The number of carbonyl (C=O) groups excluding carboxylic acids is 3. The normalized spacial score (nSPS) is 10.4. The Labute approximate surface area is 149 Å². The summed E-state index contributed by atoms with van der Waals surface area (Å²) in [5, 5.41) is 5.26. The molecule has 0 saturated carbocycles. The van der Waals surface area contributed by atoms with Crippen molar-refractivity contribution < 1.29 is 23.9 Å². The van der Waals surface area contributed by atoms with Gasteiger partial charge in [-0.1, -0.05) is 26.7 Å². The van der Waals surface area contributed by atoms with E-state index < -0.39 is 18.1 Å². The van der Waals surface area contributed by atoms with Gasteiger partial charge in [-0.15, -0.1) is 0 Å². The lowest BCUT2D eigenvalue weighted by Crippen LogP contribution is -2.39. The van der Waals surface area contributed by atoms with Crippen LogP contribution in [0.4, 0.5) is 9.59 Å². The number of rotatable bonds is 14. The summed E-state index contributed by atoms with van der Waals surface area (Å²) in [6.45, 7) is 6.09. The van der Waals surface area contributed by atoms with Gasteiger partial charge in [0.15, 0.2) is 0 Å². The van der Waals surface area contributed by atoms with Crippen LogP contribution in [0.5, 0.6) is 0 Å². The lowest BCUT2D eigenvalue weighted by atomic mass is 10.3. The van der Waals surface area contributed by atoms with Crippen LogP contribution < -0.4 is 16.4 Å². The third-order valence-electron chi connectivity index (χ3n) is 3.26. The van der Waals surface area contributed by atoms with Crippen molar-refractivity contribution in [3.8, 4) is 0 Å². The molecular weight excluding hydrogens is 328 g/mol. The Morgan fingerprint density at radius 2 is 1.32 bits per heavy atom. The molecule has 0 fully saturated rings. The van der Waals surface area contributed by atoms with Crippen molar-refractivity contribution in [3.63, 3.8) is 0 Å². The summed E-state index contributed by atoms with van der Waals surface area (Å²) in [6.07, 6.45) is 2.77. The molecule has 25 heavy (non-hydrogen) atoms. The van der Waals surface area contributed by atoms with E-state index in [-0.39, 0.29) is 19.8 Å². The molecule has 0 unspecified atom stereocenters. The molecule has 0 aliphatic carbocycles. The van der Waals surface area contributed by atoms with Gasteiger partial charge < -0.3 is 25.8 Å². The molecule has 0 aromatic carbocycles. The van der Waals surface area contributed by atoms with E-state index in [4.69, 9.17) is 15.2 Å². The monoisotopic (exact) mass is 360 g/mol. The quantitative estimate of drug-likeness (QED) is 0.394. The maximum absolute atomic E-state index is 11.4. The SMILES string of the molecule is CCCCNC(=O)OCCN(CCOC(=O)NCCCC)CC(N)=O. The van der Waals surface area contributed by atoms with Crippen LogP contribution in [0.2, 0.25) is 0 Å². The molecule has 0 saturated heterocycles. The number of hydrogen-bond acceptors (Lipinski definition) is 6. The molecule has 0 heterocycles. The number of carbonyl (C=O) groups is 3. The summed E-state index contributed by atoms with van der Waals surface area (Å²) in [5.74, 6) is -0.500. The third-order valence-corrected chi connectivity index (χ3v) is 3.26. The number of nitrogens with two attached hydrogens (primary N) is 1. The molecule has 0 aliphatic rings. The van der Waals surface area contributed by atoms with Gasteiger partial charge in [-0.05, 0) is 12.8 Å². The molecule has 0 bridgehead atoms. The average Bonchev–Trinajstić information content (AvgIpc) is 2.54. The standard InChI is InChI=1S/C16H32N4O5/c1-3-5-7-18-15(22)24-11-9-20(13-14(17)21)10-12-25-16(23)19-8-6-4-2/h3-13H2,1-2H3,(H2,17,21)(H,18,22)(H,19,23). The van der Waals surface area contributed by atoms with Crippen molar-refractivity contribution in [1.29, 1.82) is 0 Å². The molecule has 0 aromatic heterocycles. The number of primary amides is 1. The van der Waals surface area contributed by atoms with E-state index in [1.807, 2.05) is 13.8 Å². The molecule has 0 spiro atoms. The van der Waals surface area contributed by atoms with E-state index >= 15 is 0 Å². The predicted octanol–water partition coefficient (Wildman–Crippen LogP) is 0.826. The molecule has 0 aromatic rings. The summed E-state index contributed by atoms with van der Waals surface area (Å²) in [7, 11) is 0. The molecule has 146 valence electrons. The number of ether oxygens (including phenoxy) is 2. The fourth-order valence-corrected chi connectivity index (χ4v) is 1.86. The second-order valence-corrected chi connectivity index (χ2v) is 5.57. The van der Waals surface area contributed by atoms with E-state index in [0.717, 1.165) is 25.7 Å². The van der Waals surface area contributed by atoms with Gasteiger partial charge in [0, 0.05) is 26.2 Å². The summed E-state index contributed by atoms with van der Waals surface area (Å²) in [6, 6.07) is 0. The molecule has 9 nitrogen and oxygen atoms in total. The molecule has 4 N–H and O–H groups in total. The first-order valence-electron chi connectivity index (χ1n) is 8.81. The Morgan fingerprint density at radius 3 is 1.68 bits per heavy atom. The smallest absolute Gasteiger partial charge is 0.407 e. The van der Waals surface area contributed by atoms with Gasteiger partial charge in [-0.3, -0.25) is 9.69 Å². The molecule has 0 atom stereocenters. The highest BCUT2D eigenvalue weighted by Gasteiger charge is 2.11. The average molecular weight is 360 g/mol. The number of unbranched alkanes of at least 4 members (excludes halogenated alkanes) is 2. The summed E-state index contributed by atoms with van der Waals surface area (Å²) in [4.78, 5) is 35.6. The molecule has 9 heteroatoms. The van der Waals surface area contributed by atoms with Gasteiger partial charge in [-0.25, -0.2) is 9.59 Å². The Kier molecular flexibility index (Phi) is 14.2. The van der Waals surface area contributed by atoms with Crippen LogP contribution in [0.3, 0.4) is 0 Å². The predicted molar refractivity (Wildman–Crippen MR) is 94.2 cm³/mol. The van der Waals surface area contributed by atoms with Crippen LogP contribution in [0.1, 0.15) is 39.5 Å². The fourth-order valence-electron chi connectivity index (χ4n) is 1.86. The fraction of sp³-hybridized carbons (Fsp3) is 0.812. The van der Waals surface area contributed by atoms with Crippen LogP contribution in [0.15, 0.2) is 0 Å². The molecule has 0 rings (SSSR count).